The van der Waals surface area contributed by atoms with Crippen molar-refractivity contribution < 1.29 is 4.79 Å². The SMILES string of the molecule is CCCCn1cc(C(=O)c2ccc(I)cc2)c2ccccc21. The average Bonchev–Trinajstić information content (AvgIpc) is 2.92. The second-order valence-electron chi connectivity index (χ2n) is 5.44. The van der Waals surface area contributed by atoms with Crippen molar-refractivity contribution in [3.05, 3.63) is 69.4 Å². The zero-order chi connectivity index (χ0) is 15.5. The highest BCUT2D eigenvalue weighted by atomic mass is 127. The Morgan fingerprint density at radius 1 is 1.09 bits per heavy atom. The molecule has 0 unspecified atom stereocenters. The number of hydrogen-bond acceptors (Lipinski definition) is 1. The molecule has 0 saturated carbocycles. The normalized spacial score (nSPS) is 11.0. The van der Waals surface area contributed by atoms with Gasteiger partial charge in [-0.05, 0) is 59.3 Å². The van der Waals surface area contributed by atoms with Gasteiger partial charge in [0.05, 0.1) is 0 Å². The van der Waals surface area contributed by atoms with E-state index in [0.717, 1.165) is 45.0 Å². The van der Waals surface area contributed by atoms with Crippen LogP contribution < -0.4 is 0 Å². The third kappa shape index (κ3) is 2.95. The van der Waals surface area contributed by atoms with E-state index in [4.69, 9.17) is 0 Å². The number of halogens is 1. The predicted octanol–water partition coefficient (Wildman–Crippen LogP) is 5.28. The van der Waals surface area contributed by atoms with Crippen LogP contribution in [-0.2, 0) is 6.54 Å². The Hall–Kier alpha value is -1.62. The van der Waals surface area contributed by atoms with Gasteiger partial charge in [-0.25, -0.2) is 0 Å². The van der Waals surface area contributed by atoms with Crippen molar-refractivity contribution in [2.45, 2.75) is 26.3 Å². The van der Waals surface area contributed by atoms with Crippen molar-refractivity contribution in [3.8, 4) is 0 Å². The van der Waals surface area contributed by atoms with E-state index in [-0.39, 0.29) is 5.78 Å². The number of aromatic nitrogens is 1. The van der Waals surface area contributed by atoms with Gasteiger partial charge in [-0.2, -0.15) is 0 Å². The molecule has 0 fully saturated rings. The lowest BCUT2D eigenvalue weighted by atomic mass is 10.0. The smallest absolute Gasteiger partial charge is 0.195 e. The molecule has 0 amide bonds. The zero-order valence-corrected chi connectivity index (χ0v) is 14.7. The average molecular weight is 403 g/mol. The lowest BCUT2D eigenvalue weighted by Gasteiger charge is -2.02. The Morgan fingerprint density at radius 3 is 2.55 bits per heavy atom. The number of unbranched alkanes of at least 4 members (excludes halogenated alkanes) is 1. The van der Waals surface area contributed by atoms with Crippen LogP contribution in [0.15, 0.2) is 54.7 Å². The van der Waals surface area contributed by atoms with Crippen LogP contribution in [0, 0.1) is 3.57 Å². The molecule has 1 aromatic heterocycles. The second kappa shape index (κ2) is 6.65. The van der Waals surface area contributed by atoms with E-state index in [1.54, 1.807) is 0 Å². The highest BCUT2D eigenvalue weighted by Gasteiger charge is 2.16. The first-order valence-electron chi connectivity index (χ1n) is 7.59. The van der Waals surface area contributed by atoms with Gasteiger partial charge in [-0.3, -0.25) is 4.79 Å². The second-order valence-corrected chi connectivity index (χ2v) is 6.69. The number of aryl methyl sites for hydroxylation is 1. The first kappa shape index (κ1) is 15.3. The molecule has 0 aliphatic heterocycles. The summed E-state index contributed by atoms with van der Waals surface area (Å²) >= 11 is 2.25. The third-order valence-electron chi connectivity index (χ3n) is 3.89. The number of nitrogens with zero attached hydrogens (tertiary/aromatic N) is 1. The highest BCUT2D eigenvalue weighted by Crippen LogP contribution is 2.24. The van der Waals surface area contributed by atoms with Crippen LogP contribution in [0.1, 0.15) is 35.7 Å². The first-order valence-corrected chi connectivity index (χ1v) is 8.66. The van der Waals surface area contributed by atoms with E-state index in [0.29, 0.717) is 0 Å². The molecule has 0 atom stereocenters. The first-order chi connectivity index (χ1) is 10.7. The van der Waals surface area contributed by atoms with Crippen molar-refractivity contribution in [3.63, 3.8) is 0 Å². The summed E-state index contributed by atoms with van der Waals surface area (Å²) in [5, 5.41) is 1.04. The van der Waals surface area contributed by atoms with Gasteiger partial charge in [0.1, 0.15) is 0 Å². The van der Waals surface area contributed by atoms with Gasteiger partial charge in [0.25, 0.3) is 0 Å². The van der Waals surface area contributed by atoms with E-state index in [1.807, 2.05) is 48.7 Å². The molecule has 2 nitrogen and oxygen atoms in total. The summed E-state index contributed by atoms with van der Waals surface area (Å²) in [5.41, 5.74) is 2.69. The fraction of sp³-hybridized carbons (Fsp3) is 0.211. The van der Waals surface area contributed by atoms with E-state index >= 15 is 0 Å². The monoisotopic (exact) mass is 403 g/mol. The maximum Gasteiger partial charge on any atom is 0.195 e. The summed E-state index contributed by atoms with van der Waals surface area (Å²) in [6.45, 7) is 3.14. The minimum Gasteiger partial charge on any atom is -0.347 e. The third-order valence-corrected chi connectivity index (χ3v) is 4.61. The molecule has 3 heteroatoms. The van der Waals surface area contributed by atoms with Gasteiger partial charge >= 0.3 is 0 Å². The van der Waals surface area contributed by atoms with Crippen molar-refractivity contribution in [2.24, 2.45) is 0 Å². The standard InChI is InChI=1S/C19H18INO/c1-2-3-12-21-13-17(16-6-4-5-7-18(16)21)19(22)14-8-10-15(20)11-9-14/h4-11,13H,2-3,12H2,1H3. The van der Waals surface area contributed by atoms with Gasteiger partial charge in [-0.1, -0.05) is 31.5 Å². The minimum atomic E-state index is 0.0999. The number of carbonyl (C=O) groups excluding carboxylic acids is 1. The molecule has 0 bridgehead atoms. The lowest BCUT2D eigenvalue weighted by Crippen LogP contribution is -2.01. The molecule has 1 heterocycles. The van der Waals surface area contributed by atoms with Crippen molar-refractivity contribution in [2.75, 3.05) is 0 Å². The molecule has 0 aliphatic rings. The lowest BCUT2D eigenvalue weighted by molar-refractivity contribution is 0.104. The Balaban J connectivity index is 2.06. The minimum absolute atomic E-state index is 0.0999. The van der Waals surface area contributed by atoms with Crippen molar-refractivity contribution >= 4 is 39.3 Å². The largest absolute Gasteiger partial charge is 0.347 e. The fourth-order valence-electron chi connectivity index (χ4n) is 2.70. The van der Waals surface area contributed by atoms with Crippen LogP contribution in [-0.4, -0.2) is 10.4 Å². The van der Waals surface area contributed by atoms with Crippen molar-refractivity contribution in [1.29, 1.82) is 0 Å². The quantitative estimate of drug-likeness (QED) is 0.420. The molecule has 0 N–H and O–H groups in total. The molecular formula is C19H18INO. The number of rotatable bonds is 5. The van der Waals surface area contributed by atoms with E-state index in [9.17, 15) is 4.79 Å². The van der Waals surface area contributed by atoms with E-state index < -0.39 is 0 Å². The number of hydrogen-bond donors (Lipinski definition) is 0. The maximum absolute atomic E-state index is 12.8. The Morgan fingerprint density at radius 2 is 1.82 bits per heavy atom. The molecule has 3 rings (SSSR count). The summed E-state index contributed by atoms with van der Waals surface area (Å²) < 4.78 is 3.35. The molecule has 3 aromatic rings. The number of carbonyl (C=O) groups is 1. The van der Waals surface area contributed by atoms with Gasteiger partial charge in [0, 0.05) is 38.3 Å². The molecule has 0 aliphatic carbocycles. The number of para-hydroxylation sites is 1. The van der Waals surface area contributed by atoms with Crippen LogP contribution in [0.25, 0.3) is 10.9 Å². The number of fused-ring (bicyclic) bond motifs is 1. The van der Waals surface area contributed by atoms with Crippen LogP contribution in [0.3, 0.4) is 0 Å². The van der Waals surface area contributed by atoms with Gasteiger partial charge < -0.3 is 4.57 Å². The summed E-state index contributed by atoms with van der Waals surface area (Å²) in [6, 6.07) is 15.9. The van der Waals surface area contributed by atoms with Crippen molar-refractivity contribution in [1.82, 2.24) is 4.57 Å². The molecular weight excluding hydrogens is 385 g/mol. The fourth-order valence-corrected chi connectivity index (χ4v) is 3.06. The molecule has 0 radical (unpaired) electrons. The number of benzene rings is 2. The Bertz CT molecular complexity index is 802. The number of ketones is 1. The molecule has 2 aromatic carbocycles. The van der Waals surface area contributed by atoms with Crippen LogP contribution in [0.5, 0.6) is 0 Å². The van der Waals surface area contributed by atoms with Gasteiger partial charge in [0.2, 0.25) is 0 Å². The molecule has 0 spiro atoms. The summed E-state index contributed by atoms with van der Waals surface area (Å²) in [7, 11) is 0. The Labute approximate surface area is 144 Å². The Kier molecular flexibility index (Phi) is 4.62. The van der Waals surface area contributed by atoms with Gasteiger partial charge in [0.15, 0.2) is 5.78 Å². The van der Waals surface area contributed by atoms with Crippen LogP contribution in [0.2, 0.25) is 0 Å². The highest BCUT2D eigenvalue weighted by molar-refractivity contribution is 14.1. The summed E-state index contributed by atoms with van der Waals surface area (Å²) in [6.07, 6.45) is 4.28. The maximum atomic E-state index is 12.8. The molecule has 112 valence electrons. The van der Waals surface area contributed by atoms with E-state index in [1.165, 1.54) is 0 Å². The molecule has 0 saturated heterocycles. The topological polar surface area (TPSA) is 22.0 Å². The van der Waals surface area contributed by atoms with Crippen LogP contribution in [0.4, 0.5) is 0 Å². The summed E-state index contributed by atoms with van der Waals surface area (Å²) in [4.78, 5) is 12.8. The summed E-state index contributed by atoms with van der Waals surface area (Å²) in [5.74, 6) is 0.0999. The predicted molar refractivity (Wildman–Crippen MR) is 99.4 cm³/mol. The van der Waals surface area contributed by atoms with E-state index in [2.05, 4.69) is 40.1 Å². The van der Waals surface area contributed by atoms with Crippen LogP contribution >= 0.6 is 22.6 Å². The zero-order valence-electron chi connectivity index (χ0n) is 12.6. The van der Waals surface area contributed by atoms with Gasteiger partial charge in [-0.15, -0.1) is 0 Å². The molecule has 22 heavy (non-hydrogen) atoms.